The van der Waals surface area contributed by atoms with Crippen molar-refractivity contribution in [2.45, 2.75) is 17.7 Å². The Kier molecular flexibility index (Phi) is 7.32. The first-order chi connectivity index (χ1) is 8.22. The van der Waals surface area contributed by atoms with Crippen molar-refractivity contribution in [1.82, 2.24) is 5.32 Å². The number of carbonyl (C=O) groups excluding carboxylic acids is 1. The summed E-state index contributed by atoms with van der Waals surface area (Å²) < 4.78 is 1.07. The summed E-state index contributed by atoms with van der Waals surface area (Å²) in [4.78, 5) is 12.6. The molecule has 1 aromatic rings. The van der Waals surface area contributed by atoms with Crippen LogP contribution in [0.15, 0.2) is 33.6 Å². The summed E-state index contributed by atoms with van der Waals surface area (Å²) in [5, 5.41) is 2.84. The smallest absolute Gasteiger partial charge is 0.220 e. The van der Waals surface area contributed by atoms with Gasteiger partial charge in [0.05, 0.1) is 0 Å². The molecule has 5 heteroatoms. The lowest BCUT2D eigenvalue weighted by atomic mass is 10.4. The van der Waals surface area contributed by atoms with Crippen molar-refractivity contribution in [2.24, 2.45) is 5.73 Å². The molecule has 1 rings (SSSR count). The van der Waals surface area contributed by atoms with E-state index in [9.17, 15) is 4.79 Å². The van der Waals surface area contributed by atoms with Crippen molar-refractivity contribution in [1.29, 1.82) is 0 Å². The van der Waals surface area contributed by atoms with Gasteiger partial charge in [-0.15, -0.1) is 11.8 Å². The molecule has 0 heterocycles. The summed E-state index contributed by atoms with van der Waals surface area (Å²) in [5.74, 6) is 0.902. The molecule has 0 aliphatic heterocycles. The average Bonchev–Trinajstić information content (AvgIpc) is 2.32. The lowest BCUT2D eigenvalue weighted by Gasteiger charge is -2.04. The first-order valence-corrected chi connectivity index (χ1v) is 7.35. The highest BCUT2D eigenvalue weighted by Gasteiger charge is 2.01. The van der Waals surface area contributed by atoms with E-state index < -0.39 is 0 Å². The average molecular weight is 317 g/mol. The molecule has 17 heavy (non-hydrogen) atoms. The Balaban J connectivity index is 2.14. The van der Waals surface area contributed by atoms with Crippen molar-refractivity contribution in [3.63, 3.8) is 0 Å². The van der Waals surface area contributed by atoms with Gasteiger partial charge in [-0.3, -0.25) is 4.79 Å². The zero-order chi connectivity index (χ0) is 12.5. The summed E-state index contributed by atoms with van der Waals surface area (Å²) in [7, 11) is 0. The van der Waals surface area contributed by atoms with Gasteiger partial charge < -0.3 is 11.1 Å². The summed E-state index contributed by atoms with van der Waals surface area (Å²) in [6, 6.07) is 8.09. The minimum absolute atomic E-state index is 0.100. The zero-order valence-corrected chi connectivity index (χ0v) is 12.0. The molecule has 0 aliphatic rings. The summed E-state index contributed by atoms with van der Waals surface area (Å²) in [6.45, 7) is 1.30. The molecule has 0 saturated heterocycles. The van der Waals surface area contributed by atoms with Crippen LogP contribution >= 0.6 is 27.7 Å². The minimum Gasteiger partial charge on any atom is -0.356 e. The van der Waals surface area contributed by atoms with Crippen molar-refractivity contribution in [3.8, 4) is 0 Å². The lowest BCUT2D eigenvalue weighted by molar-refractivity contribution is -0.120. The van der Waals surface area contributed by atoms with Crippen molar-refractivity contribution < 1.29 is 4.79 Å². The van der Waals surface area contributed by atoms with E-state index in [2.05, 4.69) is 21.2 Å². The fourth-order valence-corrected chi connectivity index (χ4v) is 2.33. The summed E-state index contributed by atoms with van der Waals surface area (Å²) in [5.41, 5.74) is 5.34. The molecular formula is C12H17BrN2OS. The van der Waals surface area contributed by atoms with E-state index in [1.165, 1.54) is 4.90 Å². The first kappa shape index (κ1) is 14.5. The van der Waals surface area contributed by atoms with Crippen LogP contribution in [0.25, 0.3) is 0 Å². The number of rotatable bonds is 7. The fourth-order valence-electron chi connectivity index (χ4n) is 1.21. The molecular weight excluding hydrogens is 300 g/mol. The maximum absolute atomic E-state index is 11.4. The predicted molar refractivity (Wildman–Crippen MR) is 76.2 cm³/mol. The van der Waals surface area contributed by atoms with Crippen molar-refractivity contribution >= 4 is 33.6 Å². The second kappa shape index (κ2) is 8.55. The Morgan fingerprint density at radius 2 is 2.06 bits per heavy atom. The molecule has 3 nitrogen and oxygen atoms in total. The second-order valence-electron chi connectivity index (χ2n) is 3.54. The minimum atomic E-state index is 0.100. The van der Waals surface area contributed by atoms with E-state index in [4.69, 9.17) is 5.73 Å². The molecule has 94 valence electrons. The highest BCUT2D eigenvalue weighted by molar-refractivity contribution is 9.10. The van der Waals surface area contributed by atoms with E-state index in [0.717, 1.165) is 16.6 Å². The summed E-state index contributed by atoms with van der Waals surface area (Å²) in [6.07, 6.45) is 1.39. The Morgan fingerprint density at radius 3 is 2.71 bits per heavy atom. The lowest BCUT2D eigenvalue weighted by Crippen LogP contribution is -2.26. The number of halogens is 1. The van der Waals surface area contributed by atoms with Crippen LogP contribution < -0.4 is 11.1 Å². The molecule has 0 bridgehead atoms. The highest BCUT2D eigenvalue weighted by atomic mass is 79.9. The van der Waals surface area contributed by atoms with Crippen LogP contribution in [0, 0.1) is 0 Å². The summed E-state index contributed by atoms with van der Waals surface area (Å²) >= 11 is 5.08. The number of nitrogens with two attached hydrogens (primary N) is 1. The molecule has 0 aliphatic carbocycles. The topological polar surface area (TPSA) is 55.1 Å². The van der Waals surface area contributed by atoms with Gasteiger partial charge in [-0.25, -0.2) is 0 Å². The standard InChI is InChI=1S/C12H17BrN2OS/c13-10-2-4-11(5-3-10)17-9-6-12(16)15-8-1-7-14/h2-5H,1,6-9,14H2,(H,15,16). The third kappa shape index (κ3) is 6.71. The largest absolute Gasteiger partial charge is 0.356 e. The van der Waals surface area contributed by atoms with Crippen LogP contribution in [-0.4, -0.2) is 24.7 Å². The third-order valence-corrected chi connectivity index (χ3v) is 3.66. The Morgan fingerprint density at radius 1 is 1.35 bits per heavy atom. The van der Waals surface area contributed by atoms with E-state index in [1.807, 2.05) is 24.3 Å². The fraction of sp³-hybridized carbons (Fsp3) is 0.417. The normalized spacial score (nSPS) is 10.2. The van der Waals surface area contributed by atoms with Gasteiger partial charge in [0.25, 0.3) is 0 Å². The van der Waals surface area contributed by atoms with Crippen LogP contribution in [0.3, 0.4) is 0 Å². The molecule has 0 radical (unpaired) electrons. The Bertz CT molecular complexity index is 343. The van der Waals surface area contributed by atoms with Gasteiger partial charge in [-0.1, -0.05) is 15.9 Å². The van der Waals surface area contributed by atoms with Crippen molar-refractivity contribution in [3.05, 3.63) is 28.7 Å². The molecule has 1 aromatic carbocycles. The van der Waals surface area contributed by atoms with Gasteiger partial charge in [0.15, 0.2) is 0 Å². The monoisotopic (exact) mass is 316 g/mol. The number of carbonyl (C=O) groups is 1. The molecule has 0 aromatic heterocycles. The molecule has 0 spiro atoms. The maximum atomic E-state index is 11.4. The zero-order valence-electron chi connectivity index (χ0n) is 9.62. The number of nitrogens with one attached hydrogen (secondary N) is 1. The van der Waals surface area contributed by atoms with Gasteiger partial charge in [0.2, 0.25) is 5.91 Å². The van der Waals surface area contributed by atoms with Crippen molar-refractivity contribution in [2.75, 3.05) is 18.8 Å². The Labute approximate surface area is 115 Å². The number of thioether (sulfide) groups is 1. The van der Waals surface area contributed by atoms with Gasteiger partial charge in [0.1, 0.15) is 0 Å². The van der Waals surface area contributed by atoms with Crippen LogP contribution in [0.5, 0.6) is 0 Å². The van der Waals surface area contributed by atoms with E-state index in [1.54, 1.807) is 11.8 Å². The molecule has 0 saturated carbocycles. The SMILES string of the molecule is NCCCNC(=O)CCSc1ccc(Br)cc1. The van der Waals surface area contributed by atoms with E-state index in [-0.39, 0.29) is 5.91 Å². The highest BCUT2D eigenvalue weighted by Crippen LogP contribution is 2.20. The van der Waals surface area contributed by atoms with E-state index in [0.29, 0.717) is 19.5 Å². The molecule has 0 fully saturated rings. The van der Waals surface area contributed by atoms with Crippen LogP contribution in [0.1, 0.15) is 12.8 Å². The van der Waals surface area contributed by atoms with Gasteiger partial charge in [-0.2, -0.15) is 0 Å². The van der Waals surface area contributed by atoms with Crippen LogP contribution in [-0.2, 0) is 4.79 Å². The molecule has 1 amide bonds. The second-order valence-corrected chi connectivity index (χ2v) is 5.63. The number of benzene rings is 1. The van der Waals surface area contributed by atoms with E-state index >= 15 is 0 Å². The molecule has 0 unspecified atom stereocenters. The third-order valence-electron chi connectivity index (χ3n) is 2.11. The number of hydrogen-bond acceptors (Lipinski definition) is 3. The van der Waals surface area contributed by atoms with Gasteiger partial charge >= 0.3 is 0 Å². The van der Waals surface area contributed by atoms with Crippen LogP contribution in [0.4, 0.5) is 0 Å². The molecule has 3 N–H and O–H groups in total. The maximum Gasteiger partial charge on any atom is 0.220 e. The first-order valence-electron chi connectivity index (χ1n) is 5.57. The Hall–Kier alpha value is -0.520. The quantitative estimate of drug-likeness (QED) is 0.600. The molecule has 0 atom stereocenters. The van der Waals surface area contributed by atoms with Gasteiger partial charge in [0, 0.05) is 28.1 Å². The number of amides is 1. The van der Waals surface area contributed by atoms with Crippen LogP contribution in [0.2, 0.25) is 0 Å². The van der Waals surface area contributed by atoms with Gasteiger partial charge in [-0.05, 0) is 37.2 Å². The predicted octanol–water partition coefficient (Wildman–Crippen LogP) is 2.40. The number of hydrogen-bond donors (Lipinski definition) is 2.